The fraction of sp³-hybridized carbons (Fsp3) is 0.200. The molecule has 0 nitrogen and oxygen atoms in total. The Kier molecular flexibility index (Phi) is 2.62. The Balaban J connectivity index is 1.87. The van der Waals surface area contributed by atoms with Crippen LogP contribution in [0.5, 0.6) is 0 Å². The molecule has 16 heavy (non-hydrogen) atoms. The summed E-state index contributed by atoms with van der Waals surface area (Å²) < 4.78 is 0. The predicted octanol–water partition coefficient (Wildman–Crippen LogP) is 3.70. The van der Waals surface area contributed by atoms with Gasteiger partial charge in [0.05, 0.1) is 8.80 Å². The maximum atomic E-state index is 2.39. The zero-order valence-electron chi connectivity index (χ0n) is 9.24. The molecule has 3 aliphatic rings. The molecule has 80 valence electrons. The van der Waals surface area contributed by atoms with Crippen molar-refractivity contribution in [1.29, 1.82) is 0 Å². The summed E-state index contributed by atoms with van der Waals surface area (Å²) in [6.45, 7) is 0. The molecule has 0 atom stereocenters. The van der Waals surface area contributed by atoms with E-state index in [0.717, 1.165) is 16.6 Å². The van der Waals surface area contributed by atoms with Crippen molar-refractivity contribution in [2.45, 2.75) is 16.6 Å². The third-order valence-corrected chi connectivity index (χ3v) is 7.67. The van der Waals surface area contributed by atoms with Gasteiger partial charge in [-0.15, -0.1) is 0 Å². The Morgan fingerprint density at radius 2 is 0.688 bits per heavy atom. The van der Waals surface area contributed by atoms with Crippen molar-refractivity contribution in [3.8, 4) is 0 Å². The normalized spacial score (nSPS) is 23.8. The average Bonchev–Trinajstić information content (AvgIpc) is 3.02. The number of hydrogen-bond donors (Lipinski definition) is 0. The zero-order chi connectivity index (χ0) is 10.8. The fourth-order valence-electron chi connectivity index (χ4n) is 2.89. The first-order valence-electron chi connectivity index (χ1n) is 6.00. The van der Waals surface area contributed by atoms with Crippen LogP contribution in [0.2, 0.25) is 16.6 Å². The van der Waals surface area contributed by atoms with E-state index in [1.54, 1.807) is 0 Å². The van der Waals surface area contributed by atoms with E-state index in [0.29, 0.717) is 0 Å². The lowest BCUT2D eigenvalue weighted by atomic mass is 10.4. The van der Waals surface area contributed by atoms with E-state index >= 15 is 0 Å². The van der Waals surface area contributed by atoms with Gasteiger partial charge >= 0.3 is 0 Å². The topological polar surface area (TPSA) is 0 Å². The summed E-state index contributed by atoms with van der Waals surface area (Å²) >= 11 is 0. The Hall–Kier alpha value is -1.34. The molecule has 0 radical (unpaired) electrons. The van der Waals surface area contributed by atoms with Crippen molar-refractivity contribution in [2.75, 3.05) is 0 Å². The second-order valence-electron chi connectivity index (χ2n) is 4.62. The van der Waals surface area contributed by atoms with E-state index in [9.17, 15) is 0 Å². The van der Waals surface area contributed by atoms with E-state index in [1.165, 1.54) is 0 Å². The summed E-state index contributed by atoms with van der Waals surface area (Å²) in [6, 6.07) is 0. The summed E-state index contributed by atoms with van der Waals surface area (Å²) in [5, 5.41) is 0. The number of hydrogen-bond acceptors (Lipinski definition) is 0. The number of rotatable bonds is 3. The summed E-state index contributed by atoms with van der Waals surface area (Å²) in [5.41, 5.74) is 2.15. The minimum atomic E-state index is -0.912. The molecule has 3 rings (SSSR count). The molecule has 0 aromatic carbocycles. The van der Waals surface area contributed by atoms with Crippen LogP contribution in [0.15, 0.2) is 72.9 Å². The third kappa shape index (κ3) is 1.72. The van der Waals surface area contributed by atoms with Gasteiger partial charge in [0.15, 0.2) is 0 Å². The van der Waals surface area contributed by atoms with E-state index in [1.807, 2.05) is 0 Å². The third-order valence-electron chi connectivity index (χ3n) is 3.67. The van der Waals surface area contributed by atoms with Crippen LogP contribution in [-0.2, 0) is 0 Å². The lowest BCUT2D eigenvalue weighted by Crippen LogP contribution is -2.26. The summed E-state index contributed by atoms with van der Waals surface area (Å²) in [5.74, 6) is 0. The van der Waals surface area contributed by atoms with E-state index < -0.39 is 8.80 Å². The highest BCUT2D eigenvalue weighted by atomic mass is 28.3. The van der Waals surface area contributed by atoms with E-state index in [2.05, 4.69) is 72.9 Å². The molecule has 0 aliphatic heterocycles. The molecular weight excluding hydrogens is 208 g/mol. The van der Waals surface area contributed by atoms with Crippen molar-refractivity contribution >= 4 is 8.80 Å². The number of allylic oxidation sites excluding steroid dienone is 12. The molecule has 0 unspecified atom stereocenters. The van der Waals surface area contributed by atoms with Crippen LogP contribution in [0.25, 0.3) is 0 Å². The lowest BCUT2D eigenvalue weighted by molar-refractivity contribution is 1.14. The SMILES string of the molecule is C1=CC([SiH](C2C=CC=C2)C2C=CC=C2)C=C1. The molecule has 0 N–H and O–H groups in total. The van der Waals surface area contributed by atoms with Gasteiger partial charge in [0.25, 0.3) is 0 Å². The summed E-state index contributed by atoms with van der Waals surface area (Å²) in [6.07, 6.45) is 27.5. The van der Waals surface area contributed by atoms with Crippen LogP contribution in [-0.4, -0.2) is 8.80 Å². The Labute approximate surface area is 98.7 Å². The second-order valence-corrected chi connectivity index (χ2v) is 8.08. The predicted molar refractivity (Wildman–Crippen MR) is 73.2 cm³/mol. The highest BCUT2D eigenvalue weighted by Crippen LogP contribution is 2.40. The van der Waals surface area contributed by atoms with Crippen molar-refractivity contribution in [3.05, 3.63) is 72.9 Å². The molecule has 0 aromatic heterocycles. The summed E-state index contributed by atoms with van der Waals surface area (Å²) in [7, 11) is -0.912. The van der Waals surface area contributed by atoms with Gasteiger partial charge in [-0.05, 0) is 16.6 Å². The smallest absolute Gasteiger partial charge is 0.0719 e. The highest BCUT2D eigenvalue weighted by molar-refractivity contribution is 6.67. The van der Waals surface area contributed by atoms with Crippen LogP contribution < -0.4 is 0 Å². The van der Waals surface area contributed by atoms with Gasteiger partial charge in [0.2, 0.25) is 0 Å². The van der Waals surface area contributed by atoms with Crippen LogP contribution in [0.4, 0.5) is 0 Å². The summed E-state index contributed by atoms with van der Waals surface area (Å²) in [4.78, 5) is 0. The van der Waals surface area contributed by atoms with Gasteiger partial charge in [-0.1, -0.05) is 72.9 Å². The molecule has 1 heteroatoms. The van der Waals surface area contributed by atoms with Gasteiger partial charge in [0.1, 0.15) is 0 Å². The second kappa shape index (κ2) is 4.26. The molecule has 0 heterocycles. The molecule has 0 amide bonds. The van der Waals surface area contributed by atoms with Crippen molar-refractivity contribution in [2.24, 2.45) is 0 Å². The highest BCUT2D eigenvalue weighted by Gasteiger charge is 2.32. The lowest BCUT2D eigenvalue weighted by Gasteiger charge is -2.27. The Bertz CT molecular complexity index is 332. The molecule has 0 fully saturated rings. The molecule has 3 aliphatic carbocycles. The largest absolute Gasteiger partial charge is 0.0806 e. The Morgan fingerprint density at radius 3 is 0.938 bits per heavy atom. The molecule has 0 bridgehead atoms. The van der Waals surface area contributed by atoms with Crippen LogP contribution in [0, 0.1) is 0 Å². The van der Waals surface area contributed by atoms with Crippen molar-refractivity contribution < 1.29 is 0 Å². The molecule has 0 saturated carbocycles. The van der Waals surface area contributed by atoms with E-state index in [4.69, 9.17) is 0 Å². The first-order chi connectivity index (χ1) is 7.95. The first-order valence-corrected chi connectivity index (χ1v) is 8.00. The van der Waals surface area contributed by atoms with Crippen LogP contribution in [0.3, 0.4) is 0 Å². The monoisotopic (exact) mass is 224 g/mol. The fourth-order valence-corrected chi connectivity index (χ4v) is 6.74. The minimum Gasteiger partial charge on any atom is -0.0806 e. The van der Waals surface area contributed by atoms with Gasteiger partial charge in [-0.25, -0.2) is 0 Å². The van der Waals surface area contributed by atoms with Crippen LogP contribution in [0.1, 0.15) is 0 Å². The maximum Gasteiger partial charge on any atom is 0.0719 e. The molecular formula is C15H16Si. The van der Waals surface area contributed by atoms with E-state index in [-0.39, 0.29) is 0 Å². The standard InChI is InChI=1S/C15H16Si/c1-2-8-13(7-1)16(14-9-3-4-10-14)15-11-5-6-12-15/h1-16H. The molecule has 0 aromatic rings. The average molecular weight is 224 g/mol. The Morgan fingerprint density at radius 1 is 0.438 bits per heavy atom. The van der Waals surface area contributed by atoms with Gasteiger partial charge in [0, 0.05) is 0 Å². The van der Waals surface area contributed by atoms with Gasteiger partial charge < -0.3 is 0 Å². The quantitative estimate of drug-likeness (QED) is 0.641. The minimum absolute atomic E-state index is 0.717. The van der Waals surface area contributed by atoms with Crippen molar-refractivity contribution in [1.82, 2.24) is 0 Å². The molecule has 0 spiro atoms. The van der Waals surface area contributed by atoms with Crippen molar-refractivity contribution in [3.63, 3.8) is 0 Å². The van der Waals surface area contributed by atoms with Gasteiger partial charge in [-0.3, -0.25) is 0 Å². The maximum absolute atomic E-state index is 2.39. The zero-order valence-corrected chi connectivity index (χ0v) is 10.4. The first kappa shape index (κ1) is 9.85. The van der Waals surface area contributed by atoms with Gasteiger partial charge in [-0.2, -0.15) is 0 Å². The van der Waals surface area contributed by atoms with Crippen LogP contribution >= 0.6 is 0 Å². The molecule has 0 saturated heterocycles.